The lowest BCUT2D eigenvalue weighted by Crippen LogP contribution is -2.13. The van der Waals surface area contributed by atoms with E-state index in [0.29, 0.717) is 5.92 Å². The zero-order valence-corrected chi connectivity index (χ0v) is 11.4. The molecule has 1 aromatic heterocycles. The van der Waals surface area contributed by atoms with Crippen LogP contribution < -0.4 is 5.32 Å². The first-order chi connectivity index (χ1) is 8.31. The summed E-state index contributed by atoms with van der Waals surface area (Å²) in [6, 6.07) is 4.29. The number of aryl methyl sites for hydroxylation is 1. The van der Waals surface area contributed by atoms with Crippen molar-refractivity contribution in [2.75, 3.05) is 20.3 Å². The van der Waals surface area contributed by atoms with Crippen LogP contribution in [0.4, 0.5) is 0 Å². The van der Waals surface area contributed by atoms with Crippen molar-refractivity contribution in [3.8, 4) is 0 Å². The van der Waals surface area contributed by atoms with Crippen molar-refractivity contribution < 1.29 is 4.74 Å². The van der Waals surface area contributed by atoms with E-state index in [1.54, 1.807) is 0 Å². The first-order valence-electron chi connectivity index (χ1n) is 6.50. The van der Waals surface area contributed by atoms with Gasteiger partial charge in [-0.15, -0.1) is 0 Å². The monoisotopic (exact) mass is 236 g/mol. The fourth-order valence-electron chi connectivity index (χ4n) is 2.08. The number of nitrogens with one attached hydrogen (secondary N) is 1. The summed E-state index contributed by atoms with van der Waals surface area (Å²) in [7, 11) is 1.96. The van der Waals surface area contributed by atoms with E-state index in [0.717, 1.165) is 31.9 Å². The molecule has 0 amide bonds. The number of nitrogens with zero attached hydrogens (tertiary/aromatic N) is 1. The van der Waals surface area contributed by atoms with Gasteiger partial charge in [-0.2, -0.15) is 0 Å². The van der Waals surface area contributed by atoms with Crippen LogP contribution in [-0.4, -0.2) is 25.2 Å². The second kappa shape index (κ2) is 7.41. The third-order valence-electron chi connectivity index (χ3n) is 2.86. The van der Waals surface area contributed by atoms with Gasteiger partial charge in [0.05, 0.1) is 12.3 Å². The molecule has 0 radical (unpaired) electrons. The van der Waals surface area contributed by atoms with E-state index >= 15 is 0 Å². The Morgan fingerprint density at radius 3 is 2.76 bits per heavy atom. The number of ether oxygens (including phenoxy) is 1. The number of pyridine rings is 1. The lowest BCUT2D eigenvalue weighted by molar-refractivity contribution is 0.193. The van der Waals surface area contributed by atoms with Crippen molar-refractivity contribution in [2.45, 2.75) is 39.7 Å². The Hall–Kier alpha value is -0.930. The smallest absolute Gasteiger partial charge is 0.0580 e. The molecular weight excluding hydrogens is 212 g/mol. The highest BCUT2D eigenvalue weighted by molar-refractivity contribution is 5.27. The fraction of sp³-hybridized carbons (Fsp3) is 0.643. The molecule has 0 aromatic carbocycles. The Labute approximate surface area is 105 Å². The lowest BCUT2D eigenvalue weighted by atomic mass is 9.96. The van der Waals surface area contributed by atoms with E-state index in [1.807, 2.05) is 27.8 Å². The zero-order chi connectivity index (χ0) is 12.7. The maximum Gasteiger partial charge on any atom is 0.0580 e. The molecule has 3 nitrogen and oxygen atoms in total. The second-order valence-electron chi connectivity index (χ2n) is 4.08. The topological polar surface area (TPSA) is 34.2 Å². The van der Waals surface area contributed by atoms with Crippen LogP contribution in [0.25, 0.3) is 0 Å². The molecule has 0 bridgehead atoms. The van der Waals surface area contributed by atoms with Crippen molar-refractivity contribution in [2.24, 2.45) is 0 Å². The van der Waals surface area contributed by atoms with E-state index in [9.17, 15) is 0 Å². The van der Waals surface area contributed by atoms with Crippen molar-refractivity contribution in [1.82, 2.24) is 10.3 Å². The normalized spacial score (nSPS) is 18.7. The van der Waals surface area contributed by atoms with Crippen LogP contribution in [0, 0.1) is 6.92 Å². The van der Waals surface area contributed by atoms with Crippen LogP contribution in [0.15, 0.2) is 12.1 Å². The molecule has 1 aliphatic heterocycles. The van der Waals surface area contributed by atoms with E-state index in [4.69, 9.17) is 4.74 Å². The Morgan fingerprint density at radius 2 is 2.18 bits per heavy atom. The summed E-state index contributed by atoms with van der Waals surface area (Å²) in [6.45, 7) is 8.61. The van der Waals surface area contributed by atoms with Gasteiger partial charge in [-0.1, -0.05) is 19.9 Å². The summed E-state index contributed by atoms with van der Waals surface area (Å²) < 4.78 is 5.43. The van der Waals surface area contributed by atoms with E-state index < -0.39 is 0 Å². The molecule has 96 valence electrons. The predicted molar refractivity (Wildman–Crippen MR) is 71.3 cm³/mol. The Morgan fingerprint density at radius 1 is 1.41 bits per heavy atom. The Kier molecular flexibility index (Phi) is 6.16. The summed E-state index contributed by atoms with van der Waals surface area (Å²) in [5, 5.41) is 3.17. The first kappa shape index (κ1) is 14.1. The standard InChI is InChI=1S/C12H18N2O.C2H6/c1-9-3-4-11(10-5-6-15-8-10)12(14-9)7-13-2;1-2/h3-4,10,13H,5-8H2,1-2H3;1-2H3. The molecule has 1 unspecified atom stereocenters. The zero-order valence-electron chi connectivity index (χ0n) is 11.4. The fourth-order valence-corrected chi connectivity index (χ4v) is 2.08. The van der Waals surface area contributed by atoms with Crippen LogP contribution in [0.2, 0.25) is 0 Å². The molecule has 1 saturated heterocycles. The third-order valence-corrected chi connectivity index (χ3v) is 2.86. The molecule has 1 aliphatic rings. The first-order valence-corrected chi connectivity index (χ1v) is 6.50. The molecule has 2 heterocycles. The van der Waals surface area contributed by atoms with E-state index in [1.165, 1.54) is 11.3 Å². The molecule has 0 saturated carbocycles. The molecule has 1 fully saturated rings. The van der Waals surface area contributed by atoms with Crippen LogP contribution in [0.3, 0.4) is 0 Å². The third kappa shape index (κ3) is 3.79. The average Bonchev–Trinajstić information content (AvgIpc) is 2.86. The Balaban J connectivity index is 0.000000686. The van der Waals surface area contributed by atoms with E-state index in [-0.39, 0.29) is 0 Å². The van der Waals surface area contributed by atoms with Gasteiger partial charge < -0.3 is 10.1 Å². The van der Waals surface area contributed by atoms with Gasteiger partial charge in [-0.3, -0.25) is 4.98 Å². The molecular formula is C14H24N2O. The highest BCUT2D eigenvalue weighted by Crippen LogP contribution is 2.27. The van der Waals surface area contributed by atoms with Crippen molar-refractivity contribution >= 4 is 0 Å². The maximum absolute atomic E-state index is 5.43. The summed E-state index contributed by atoms with van der Waals surface area (Å²) in [5.74, 6) is 0.543. The van der Waals surface area contributed by atoms with Crippen LogP contribution in [-0.2, 0) is 11.3 Å². The molecule has 1 atom stereocenters. The minimum absolute atomic E-state index is 0.543. The Bertz CT molecular complexity index is 333. The summed E-state index contributed by atoms with van der Waals surface area (Å²) >= 11 is 0. The number of hydrogen-bond donors (Lipinski definition) is 1. The van der Waals surface area contributed by atoms with Crippen molar-refractivity contribution in [1.29, 1.82) is 0 Å². The minimum Gasteiger partial charge on any atom is -0.381 e. The number of rotatable bonds is 3. The average molecular weight is 236 g/mol. The minimum atomic E-state index is 0.543. The van der Waals surface area contributed by atoms with Gasteiger partial charge >= 0.3 is 0 Å². The van der Waals surface area contributed by atoms with Gasteiger partial charge in [0, 0.05) is 24.8 Å². The van der Waals surface area contributed by atoms with Crippen molar-refractivity contribution in [3.63, 3.8) is 0 Å². The second-order valence-corrected chi connectivity index (χ2v) is 4.08. The molecule has 1 aromatic rings. The van der Waals surface area contributed by atoms with Crippen LogP contribution in [0.5, 0.6) is 0 Å². The molecule has 2 rings (SSSR count). The maximum atomic E-state index is 5.43. The predicted octanol–water partition coefficient (Wildman–Crippen LogP) is 2.64. The van der Waals surface area contributed by atoms with Gasteiger partial charge in [0.2, 0.25) is 0 Å². The van der Waals surface area contributed by atoms with Gasteiger partial charge in [0.15, 0.2) is 0 Å². The molecule has 17 heavy (non-hydrogen) atoms. The molecule has 1 N–H and O–H groups in total. The summed E-state index contributed by atoms with van der Waals surface area (Å²) in [6.07, 6.45) is 1.13. The largest absolute Gasteiger partial charge is 0.381 e. The van der Waals surface area contributed by atoms with Gasteiger partial charge in [-0.25, -0.2) is 0 Å². The SMILES string of the molecule is CC.CNCc1nc(C)ccc1C1CCOC1. The molecule has 3 heteroatoms. The number of aromatic nitrogens is 1. The summed E-state index contributed by atoms with van der Waals surface area (Å²) in [4.78, 5) is 4.59. The lowest BCUT2D eigenvalue weighted by Gasteiger charge is -2.13. The molecule has 0 spiro atoms. The van der Waals surface area contributed by atoms with Gasteiger partial charge in [0.25, 0.3) is 0 Å². The van der Waals surface area contributed by atoms with Gasteiger partial charge in [-0.05, 0) is 32.0 Å². The van der Waals surface area contributed by atoms with E-state index in [2.05, 4.69) is 22.4 Å². The summed E-state index contributed by atoms with van der Waals surface area (Å²) in [5.41, 5.74) is 3.61. The van der Waals surface area contributed by atoms with Crippen LogP contribution in [0.1, 0.15) is 43.1 Å². The van der Waals surface area contributed by atoms with Gasteiger partial charge in [0.1, 0.15) is 0 Å². The van der Waals surface area contributed by atoms with Crippen LogP contribution >= 0.6 is 0 Å². The highest BCUT2D eigenvalue weighted by atomic mass is 16.5. The number of hydrogen-bond acceptors (Lipinski definition) is 3. The molecule has 0 aliphatic carbocycles. The quantitative estimate of drug-likeness (QED) is 0.876. The highest BCUT2D eigenvalue weighted by Gasteiger charge is 2.20. The van der Waals surface area contributed by atoms with Crippen molar-refractivity contribution in [3.05, 3.63) is 29.1 Å².